The van der Waals surface area contributed by atoms with Crippen molar-refractivity contribution in [1.82, 2.24) is 0 Å². The quantitative estimate of drug-likeness (QED) is 0.756. The summed E-state index contributed by atoms with van der Waals surface area (Å²) in [7, 11) is 1.57. The second kappa shape index (κ2) is 6.68. The zero-order valence-electron chi connectivity index (χ0n) is 14.9. The van der Waals surface area contributed by atoms with Crippen molar-refractivity contribution < 1.29 is 23.5 Å². The molecule has 0 bridgehead atoms. The summed E-state index contributed by atoms with van der Waals surface area (Å²) in [5.41, 5.74) is 2.32. The second-order valence-corrected chi connectivity index (χ2v) is 6.17. The highest BCUT2D eigenvalue weighted by atomic mass is 16.6. The SMILES string of the molecule is COc1ccc2oc(C)c(C(=O)Nc3cccc(N4CCOC4=O)c3)c2c1. The van der Waals surface area contributed by atoms with Crippen molar-refractivity contribution in [3.63, 3.8) is 0 Å². The molecule has 1 fully saturated rings. The van der Waals surface area contributed by atoms with Gasteiger partial charge in [0.25, 0.3) is 5.91 Å². The van der Waals surface area contributed by atoms with E-state index in [0.717, 1.165) is 0 Å². The Balaban J connectivity index is 1.64. The van der Waals surface area contributed by atoms with Crippen LogP contribution in [0.1, 0.15) is 16.1 Å². The fraction of sp³-hybridized carbons (Fsp3) is 0.200. The number of nitrogens with zero attached hydrogens (tertiary/aromatic N) is 1. The number of methoxy groups -OCH3 is 1. The Labute approximate surface area is 155 Å². The van der Waals surface area contributed by atoms with Gasteiger partial charge in [0.05, 0.1) is 19.2 Å². The minimum absolute atomic E-state index is 0.291. The van der Waals surface area contributed by atoms with Crippen LogP contribution in [-0.2, 0) is 4.74 Å². The molecule has 1 N–H and O–H groups in total. The zero-order valence-corrected chi connectivity index (χ0v) is 14.9. The summed E-state index contributed by atoms with van der Waals surface area (Å²) in [6, 6.07) is 12.4. The Bertz CT molecular complexity index is 1040. The summed E-state index contributed by atoms with van der Waals surface area (Å²) in [5, 5.41) is 3.56. The first-order valence-electron chi connectivity index (χ1n) is 8.49. The smallest absolute Gasteiger partial charge is 0.414 e. The van der Waals surface area contributed by atoms with Crippen LogP contribution in [0.15, 0.2) is 46.9 Å². The summed E-state index contributed by atoms with van der Waals surface area (Å²) in [4.78, 5) is 26.2. The fourth-order valence-corrected chi connectivity index (χ4v) is 3.18. The van der Waals surface area contributed by atoms with Gasteiger partial charge in [-0.05, 0) is 43.3 Å². The lowest BCUT2D eigenvalue weighted by Gasteiger charge is -2.14. The van der Waals surface area contributed by atoms with Crippen molar-refractivity contribution in [2.45, 2.75) is 6.92 Å². The van der Waals surface area contributed by atoms with Crippen molar-refractivity contribution in [3.05, 3.63) is 53.8 Å². The van der Waals surface area contributed by atoms with Gasteiger partial charge in [-0.25, -0.2) is 4.79 Å². The van der Waals surface area contributed by atoms with Crippen LogP contribution in [0.4, 0.5) is 16.2 Å². The topological polar surface area (TPSA) is 81.0 Å². The highest BCUT2D eigenvalue weighted by Gasteiger charge is 2.24. The van der Waals surface area contributed by atoms with Gasteiger partial charge in [0.15, 0.2) is 0 Å². The highest BCUT2D eigenvalue weighted by Crippen LogP contribution is 2.30. The number of cyclic esters (lactones) is 1. The van der Waals surface area contributed by atoms with Gasteiger partial charge >= 0.3 is 6.09 Å². The standard InChI is InChI=1S/C20H18N2O5/c1-12-18(16-11-15(25-2)6-7-17(16)27-12)19(23)21-13-4-3-5-14(10-13)22-8-9-26-20(22)24/h3-7,10-11H,8-9H2,1-2H3,(H,21,23). The summed E-state index contributed by atoms with van der Waals surface area (Å²) in [6.45, 7) is 2.59. The number of aryl methyl sites for hydroxylation is 1. The van der Waals surface area contributed by atoms with E-state index in [1.54, 1.807) is 56.5 Å². The lowest BCUT2D eigenvalue weighted by Crippen LogP contribution is -2.23. The molecule has 1 aromatic heterocycles. The van der Waals surface area contributed by atoms with Crippen molar-refractivity contribution in [3.8, 4) is 5.75 Å². The van der Waals surface area contributed by atoms with Crippen molar-refractivity contribution >= 4 is 34.3 Å². The monoisotopic (exact) mass is 366 g/mol. The Hall–Kier alpha value is -3.48. The third kappa shape index (κ3) is 3.08. The van der Waals surface area contributed by atoms with Crippen LogP contribution in [0.5, 0.6) is 5.75 Å². The molecule has 1 aliphatic heterocycles. The largest absolute Gasteiger partial charge is 0.497 e. The molecule has 2 amide bonds. The van der Waals surface area contributed by atoms with Gasteiger partial charge in [0, 0.05) is 16.8 Å². The molecule has 0 spiro atoms. The Morgan fingerprint density at radius 1 is 1.22 bits per heavy atom. The van der Waals surface area contributed by atoms with E-state index in [1.165, 1.54) is 4.90 Å². The molecule has 138 valence electrons. The molecular formula is C20H18N2O5. The first-order valence-corrected chi connectivity index (χ1v) is 8.49. The molecule has 2 heterocycles. The van der Waals surface area contributed by atoms with E-state index in [4.69, 9.17) is 13.9 Å². The van der Waals surface area contributed by atoms with E-state index in [9.17, 15) is 9.59 Å². The minimum Gasteiger partial charge on any atom is -0.497 e. The van der Waals surface area contributed by atoms with Gasteiger partial charge in [0.1, 0.15) is 23.7 Å². The molecule has 2 aromatic carbocycles. The molecule has 0 radical (unpaired) electrons. The van der Waals surface area contributed by atoms with Gasteiger partial charge in [-0.1, -0.05) is 6.07 Å². The van der Waals surface area contributed by atoms with Gasteiger partial charge in [-0.2, -0.15) is 0 Å². The van der Waals surface area contributed by atoms with Gasteiger partial charge in [-0.3, -0.25) is 9.69 Å². The molecule has 0 unspecified atom stereocenters. The maximum atomic E-state index is 12.9. The number of rotatable bonds is 4. The number of furan rings is 1. The summed E-state index contributed by atoms with van der Waals surface area (Å²) < 4.78 is 15.9. The summed E-state index contributed by atoms with van der Waals surface area (Å²) >= 11 is 0. The number of carbonyl (C=O) groups is 2. The fourth-order valence-electron chi connectivity index (χ4n) is 3.18. The first-order chi connectivity index (χ1) is 13.1. The number of amides is 2. The van der Waals surface area contributed by atoms with Crippen molar-refractivity contribution in [2.75, 3.05) is 30.5 Å². The van der Waals surface area contributed by atoms with Crippen molar-refractivity contribution in [2.24, 2.45) is 0 Å². The number of carbonyl (C=O) groups excluding carboxylic acids is 2. The molecule has 7 nitrogen and oxygen atoms in total. The van der Waals surface area contributed by atoms with Gasteiger partial charge in [-0.15, -0.1) is 0 Å². The van der Waals surface area contributed by atoms with Gasteiger partial charge < -0.3 is 19.2 Å². The van der Waals surface area contributed by atoms with Crippen LogP contribution >= 0.6 is 0 Å². The van der Waals surface area contributed by atoms with E-state index in [-0.39, 0.29) is 12.0 Å². The van der Waals surface area contributed by atoms with Crippen LogP contribution in [0, 0.1) is 6.92 Å². The second-order valence-electron chi connectivity index (χ2n) is 6.17. The maximum absolute atomic E-state index is 12.9. The number of hydrogen-bond donors (Lipinski definition) is 1. The molecule has 3 aromatic rings. The van der Waals surface area contributed by atoms with E-state index in [1.807, 2.05) is 0 Å². The molecule has 1 saturated heterocycles. The Morgan fingerprint density at radius 3 is 2.81 bits per heavy atom. The summed E-state index contributed by atoms with van der Waals surface area (Å²) in [5.74, 6) is 0.877. The van der Waals surface area contributed by atoms with E-state index >= 15 is 0 Å². The van der Waals surface area contributed by atoms with Crippen molar-refractivity contribution in [1.29, 1.82) is 0 Å². The van der Waals surface area contributed by atoms with Gasteiger partial charge in [0.2, 0.25) is 0 Å². The maximum Gasteiger partial charge on any atom is 0.414 e. The summed E-state index contributed by atoms with van der Waals surface area (Å²) in [6.07, 6.45) is -0.387. The molecule has 4 rings (SSSR count). The third-order valence-corrected chi connectivity index (χ3v) is 4.47. The normalized spacial score (nSPS) is 13.7. The molecule has 0 atom stereocenters. The lowest BCUT2D eigenvalue weighted by atomic mass is 10.1. The van der Waals surface area contributed by atoms with Crippen LogP contribution < -0.4 is 15.0 Å². The van der Waals surface area contributed by atoms with Crippen LogP contribution in [-0.4, -0.2) is 32.3 Å². The lowest BCUT2D eigenvalue weighted by molar-refractivity contribution is 0.102. The molecule has 27 heavy (non-hydrogen) atoms. The molecule has 7 heteroatoms. The minimum atomic E-state index is -0.387. The molecule has 0 aliphatic carbocycles. The molecular weight excluding hydrogens is 348 g/mol. The van der Waals surface area contributed by atoms with E-state index in [2.05, 4.69) is 5.32 Å². The zero-order chi connectivity index (χ0) is 19.0. The average Bonchev–Trinajstić information content (AvgIpc) is 3.23. The van der Waals surface area contributed by atoms with E-state index < -0.39 is 0 Å². The predicted molar refractivity (Wildman–Crippen MR) is 101 cm³/mol. The third-order valence-electron chi connectivity index (χ3n) is 4.47. The Kier molecular flexibility index (Phi) is 4.19. The predicted octanol–water partition coefficient (Wildman–Crippen LogP) is 3.96. The van der Waals surface area contributed by atoms with Crippen LogP contribution in [0.2, 0.25) is 0 Å². The number of anilines is 2. The number of fused-ring (bicyclic) bond motifs is 1. The molecule has 0 saturated carbocycles. The van der Waals surface area contributed by atoms with E-state index in [0.29, 0.717) is 52.6 Å². The van der Waals surface area contributed by atoms with Crippen LogP contribution in [0.3, 0.4) is 0 Å². The highest BCUT2D eigenvalue weighted by molar-refractivity contribution is 6.13. The number of benzene rings is 2. The number of nitrogens with one attached hydrogen (secondary N) is 1. The van der Waals surface area contributed by atoms with Crippen LogP contribution in [0.25, 0.3) is 11.0 Å². The number of hydrogen-bond acceptors (Lipinski definition) is 5. The number of ether oxygens (including phenoxy) is 2. The average molecular weight is 366 g/mol. The Morgan fingerprint density at radius 2 is 2.07 bits per heavy atom. The molecule has 1 aliphatic rings. The first kappa shape index (κ1) is 17.0.